The van der Waals surface area contributed by atoms with Crippen LogP contribution in [-0.2, 0) is 9.59 Å². The summed E-state index contributed by atoms with van der Waals surface area (Å²) in [6, 6.07) is 13.5. The second-order valence-corrected chi connectivity index (χ2v) is 5.76. The van der Waals surface area contributed by atoms with Crippen LogP contribution >= 0.6 is 11.6 Å². The Bertz CT molecular complexity index is 778. The van der Waals surface area contributed by atoms with Gasteiger partial charge >= 0.3 is 0 Å². The first-order valence-electron chi connectivity index (χ1n) is 7.71. The molecule has 1 atom stereocenters. The largest absolute Gasteiger partial charge is 0.492 e. The van der Waals surface area contributed by atoms with Gasteiger partial charge in [-0.05, 0) is 31.2 Å². The van der Waals surface area contributed by atoms with Crippen LogP contribution in [0.3, 0.4) is 0 Å². The molecular formula is C18H17ClN2O3. The molecule has 2 aromatic rings. The molecule has 0 spiro atoms. The molecule has 0 saturated carbocycles. The third-order valence-electron chi connectivity index (χ3n) is 3.76. The molecule has 0 aliphatic carbocycles. The highest BCUT2D eigenvalue weighted by molar-refractivity contribution is 6.36. The summed E-state index contributed by atoms with van der Waals surface area (Å²) < 4.78 is 5.55. The van der Waals surface area contributed by atoms with Crippen molar-refractivity contribution in [3.63, 3.8) is 0 Å². The summed E-state index contributed by atoms with van der Waals surface area (Å²) in [4.78, 5) is 26.2. The van der Waals surface area contributed by atoms with Crippen molar-refractivity contribution in [2.45, 2.75) is 19.4 Å². The monoisotopic (exact) mass is 344 g/mol. The van der Waals surface area contributed by atoms with E-state index in [1.54, 1.807) is 24.3 Å². The highest BCUT2D eigenvalue weighted by Crippen LogP contribution is 2.32. The molecule has 6 heteroatoms. The summed E-state index contributed by atoms with van der Waals surface area (Å²) >= 11 is 6.12. The fourth-order valence-corrected chi connectivity index (χ4v) is 2.91. The van der Waals surface area contributed by atoms with Crippen LogP contribution in [-0.4, -0.2) is 24.5 Å². The second-order valence-electron chi connectivity index (χ2n) is 5.35. The van der Waals surface area contributed by atoms with E-state index in [2.05, 4.69) is 5.32 Å². The molecule has 0 bridgehead atoms. The van der Waals surface area contributed by atoms with Crippen molar-refractivity contribution in [1.82, 2.24) is 0 Å². The number of ether oxygens (including phenoxy) is 1. The van der Waals surface area contributed by atoms with E-state index in [-0.39, 0.29) is 18.2 Å². The van der Waals surface area contributed by atoms with Gasteiger partial charge in [0.25, 0.3) is 5.91 Å². The number of imide groups is 1. The molecule has 3 rings (SSSR count). The van der Waals surface area contributed by atoms with Crippen molar-refractivity contribution >= 4 is 34.8 Å². The number of halogens is 1. The van der Waals surface area contributed by atoms with Crippen molar-refractivity contribution in [2.24, 2.45) is 0 Å². The summed E-state index contributed by atoms with van der Waals surface area (Å²) in [7, 11) is 0. The standard InChI is InChI=1S/C18H17ClN2O3/c1-2-24-16-10-6-4-8-13(16)20-14-11-17(22)21(18(14)23)15-9-5-3-7-12(15)19/h3-10,14,20H,2,11H2,1H3/t14-/m0/s1. The SMILES string of the molecule is CCOc1ccccc1N[C@H]1CC(=O)N(c2ccccc2Cl)C1=O. The number of benzene rings is 2. The Morgan fingerprint density at radius 1 is 1.17 bits per heavy atom. The third kappa shape index (κ3) is 3.08. The van der Waals surface area contributed by atoms with Gasteiger partial charge in [0.2, 0.25) is 5.91 Å². The van der Waals surface area contributed by atoms with Gasteiger partial charge in [-0.1, -0.05) is 35.9 Å². The van der Waals surface area contributed by atoms with Gasteiger partial charge in [-0.2, -0.15) is 0 Å². The van der Waals surface area contributed by atoms with E-state index in [0.717, 1.165) is 4.90 Å². The summed E-state index contributed by atoms with van der Waals surface area (Å²) in [6.45, 7) is 2.40. The number of hydrogen-bond donors (Lipinski definition) is 1. The Morgan fingerprint density at radius 3 is 2.62 bits per heavy atom. The number of hydrogen-bond acceptors (Lipinski definition) is 4. The first kappa shape index (κ1) is 16.3. The Balaban J connectivity index is 1.84. The molecule has 124 valence electrons. The molecule has 24 heavy (non-hydrogen) atoms. The molecule has 1 saturated heterocycles. The molecular weight excluding hydrogens is 328 g/mol. The Labute approximate surface area is 145 Å². The zero-order valence-corrected chi connectivity index (χ0v) is 13.9. The summed E-state index contributed by atoms with van der Waals surface area (Å²) in [5, 5.41) is 3.48. The Kier molecular flexibility index (Phi) is 4.71. The van der Waals surface area contributed by atoms with Crippen LogP contribution in [0.2, 0.25) is 5.02 Å². The van der Waals surface area contributed by atoms with Gasteiger partial charge < -0.3 is 10.1 Å². The lowest BCUT2D eigenvalue weighted by molar-refractivity contribution is -0.121. The lowest BCUT2D eigenvalue weighted by atomic mass is 10.2. The molecule has 2 amide bonds. The maximum Gasteiger partial charge on any atom is 0.256 e. The summed E-state index contributed by atoms with van der Waals surface area (Å²) in [5.74, 6) is 0.0512. The minimum absolute atomic E-state index is 0.0739. The molecule has 1 N–H and O–H groups in total. The Morgan fingerprint density at radius 2 is 1.88 bits per heavy atom. The number of carbonyl (C=O) groups excluding carboxylic acids is 2. The van der Waals surface area contributed by atoms with E-state index in [9.17, 15) is 9.59 Å². The van der Waals surface area contributed by atoms with Crippen molar-refractivity contribution in [3.05, 3.63) is 53.6 Å². The predicted molar refractivity (Wildman–Crippen MR) is 93.6 cm³/mol. The van der Waals surface area contributed by atoms with Crippen LogP contribution < -0.4 is 15.0 Å². The average Bonchev–Trinajstić information content (AvgIpc) is 2.84. The lowest BCUT2D eigenvalue weighted by Crippen LogP contribution is -2.35. The topological polar surface area (TPSA) is 58.6 Å². The smallest absolute Gasteiger partial charge is 0.256 e. The molecule has 0 radical (unpaired) electrons. The highest BCUT2D eigenvalue weighted by atomic mass is 35.5. The number of para-hydroxylation sites is 3. The van der Waals surface area contributed by atoms with Crippen LogP contribution in [0.5, 0.6) is 5.75 Å². The Hall–Kier alpha value is -2.53. The number of amides is 2. The van der Waals surface area contributed by atoms with Crippen LogP contribution in [0.15, 0.2) is 48.5 Å². The van der Waals surface area contributed by atoms with E-state index in [4.69, 9.17) is 16.3 Å². The molecule has 0 aromatic heterocycles. The third-order valence-corrected chi connectivity index (χ3v) is 4.08. The number of rotatable bonds is 5. The van der Waals surface area contributed by atoms with Gasteiger partial charge in [-0.25, -0.2) is 4.90 Å². The zero-order valence-electron chi connectivity index (χ0n) is 13.2. The zero-order chi connectivity index (χ0) is 17.1. The summed E-state index contributed by atoms with van der Waals surface area (Å²) in [6.07, 6.45) is 0.0739. The second kappa shape index (κ2) is 6.93. The highest BCUT2D eigenvalue weighted by Gasteiger charge is 2.40. The average molecular weight is 345 g/mol. The van der Waals surface area contributed by atoms with Crippen molar-refractivity contribution in [1.29, 1.82) is 0 Å². The first-order chi connectivity index (χ1) is 11.6. The quantitative estimate of drug-likeness (QED) is 0.844. The van der Waals surface area contributed by atoms with Gasteiger partial charge in [-0.3, -0.25) is 9.59 Å². The molecule has 1 aliphatic rings. The van der Waals surface area contributed by atoms with Crippen LogP contribution in [0, 0.1) is 0 Å². The minimum atomic E-state index is -0.643. The fourth-order valence-electron chi connectivity index (χ4n) is 2.69. The fraction of sp³-hybridized carbons (Fsp3) is 0.222. The van der Waals surface area contributed by atoms with Gasteiger partial charge in [0.1, 0.15) is 11.8 Å². The van der Waals surface area contributed by atoms with Crippen LogP contribution in [0.1, 0.15) is 13.3 Å². The first-order valence-corrected chi connectivity index (χ1v) is 8.09. The van der Waals surface area contributed by atoms with E-state index in [1.165, 1.54) is 0 Å². The van der Waals surface area contributed by atoms with E-state index in [1.807, 2.05) is 31.2 Å². The van der Waals surface area contributed by atoms with E-state index < -0.39 is 6.04 Å². The maximum atomic E-state index is 12.7. The molecule has 0 unspecified atom stereocenters. The number of nitrogens with zero attached hydrogens (tertiary/aromatic N) is 1. The molecule has 1 heterocycles. The van der Waals surface area contributed by atoms with Crippen molar-refractivity contribution in [3.8, 4) is 5.75 Å². The van der Waals surface area contributed by atoms with Crippen LogP contribution in [0.4, 0.5) is 11.4 Å². The maximum absolute atomic E-state index is 12.7. The minimum Gasteiger partial charge on any atom is -0.492 e. The molecule has 5 nitrogen and oxygen atoms in total. The van der Waals surface area contributed by atoms with Crippen LogP contribution in [0.25, 0.3) is 0 Å². The van der Waals surface area contributed by atoms with Gasteiger partial charge in [-0.15, -0.1) is 0 Å². The lowest BCUT2D eigenvalue weighted by Gasteiger charge is -2.18. The summed E-state index contributed by atoms with van der Waals surface area (Å²) in [5.41, 5.74) is 1.10. The predicted octanol–water partition coefficient (Wildman–Crippen LogP) is 3.48. The number of nitrogens with one attached hydrogen (secondary N) is 1. The molecule has 1 fully saturated rings. The molecule has 1 aliphatic heterocycles. The van der Waals surface area contributed by atoms with Crippen molar-refractivity contribution < 1.29 is 14.3 Å². The molecule has 2 aromatic carbocycles. The van der Waals surface area contributed by atoms with Crippen molar-refractivity contribution in [2.75, 3.05) is 16.8 Å². The number of anilines is 2. The van der Waals surface area contributed by atoms with Gasteiger partial charge in [0.05, 0.1) is 29.4 Å². The van der Waals surface area contributed by atoms with Gasteiger partial charge in [0.15, 0.2) is 0 Å². The normalized spacial score (nSPS) is 17.2. The van der Waals surface area contributed by atoms with Gasteiger partial charge in [0, 0.05) is 0 Å². The van der Waals surface area contributed by atoms with E-state index in [0.29, 0.717) is 28.8 Å². The van der Waals surface area contributed by atoms with E-state index >= 15 is 0 Å². The number of carbonyl (C=O) groups is 2.